The van der Waals surface area contributed by atoms with Gasteiger partial charge in [-0.2, -0.15) is 11.8 Å². The minimum absolute atomic E-state index is 0.307. The monoisotopic (exact) mass is 219 g/mol. The van der Waals surface area contributed by atoms with Crippen LogP contribution >= 0.6 is 11.8 Å². The molecule has 0 heterocycles. The first-order valence-corrected chi connectivity index (χ1v) is 5.95. The van der Waals surface area contributed by atoms with Gasteiger partial charge in [-0.3, -0.25) is 9.59 Å². The van der Waals surface area contributed by atoms with Gasteiger partial charge in [0.15, 0.2) is 5.78 Å². The van der Waals surface area contributed by atoms with Crippen molar-refractivity contribution in [2.75, 3.05) is 12.0 Å². The molecule has 0 aromatic heterocycles. The van der Waals surface area contributed by atoms with Crippen molar-refractivity contribution in [2.45, 2.75) is 25.8 Å². The summed E-state index contributed by atoms with van der Waals surface area (Å²) in [5.41, 5.74) is 5.59. The Bertz CT molecular complexity index is 208. The molecule has 0 fully saturated rings. The highest BCUT2D eigenvalue weighted by atomic mass is 32.2. The minimum atomic E-state index is -1.07. The molecule has 0 rings (SSSR count). The molecule has 2 atom stereocenters. The molecule has 0 aliphatic rings. The largest absolute Gasteiger partial charge is 0.481 e. The average molecular weight is 219 g/mol. The number of carbonyl (C=O) groups excluding carboxylic acids is 1. The van der Waals surface area contributed by atoms with Crippen molar-refractivity contribution < 1.29 is 14.7 Å². The maximum atomic E-state index is 11.5. The summed E-state index contributed by atoms with van der Waals surface area (Å²) in [7, 11) is 0. The summed E-state index contributed by atoms with van der Waals surface area (Å²) < 4.78 is 0. The van der Waals surface area contributed by atoms with Gasteiger partial charge in [0.05, 0.1) is 6.04 Å². The van der Waals surface area contributed by atoms with Crippen LogP contribution in [0.2, 0.25) is 0 Å². The van der Waals surface area contributed by atoms with Crippen molar-refractivity contribution in [1.29, 1.82) is 0 Å². The van der Waals surface area contributed by atoms with E-state index in [-0.39, 0.29) is 5.78 Å². The smallest absolute Gasteiger partial charge is 0.314 e. The third-order valence-corrected chi connectivity index (χ3v) is 2.69. The van der Waals surface area contributed by atoms with Gasteiger partial charge in [-0.25, -0.2) is 0 Å². The van der Waals surface area contributed by atoms with E-state index < -0.39 is 17.9 Å². The molecule has 0 saturated carbocycles. The molecular formula is C9H17NO3S. The molecule has 4 nitrogen and oxygen atoms in total. The summed E-state index contributed by atoms with van der Waals surface area (Å²) in [4.78, 5) is 22.2. The van der Waals surface area contributed by atoms with E-state index in [4.69, 9.17) is 10.8 Å². The summed E-state index contributed by atoms with van der Waals surface area (Å²) >= 11 is 1.60. The second-order valence-corrected chi connectivity index (χ2v) is 4.08. The van der Waals surface area contributed by atoms with Crippen LogP contribution in [0.15, 0.2) is 0 Å². The van der Waals surface area contributed by atoms with Crippen molar-refractivity contribution in [1.82, 2.24) is 0 Å². The Balaban J connectivity index is 4.20. The molecule has 3 N–H and O–H groups in total. The average Bonchev–Trinajstić information content (AvgIpc) is 2.14. The summed E-state index contributed by atoms with van der Waals surface area (Å²) in [5, 5.41) is 8.74. The van der Waals surface area contributed by atoms with Crippen LogP contribution in [-0.2, 0) is 9.59 Å². The van der Waals surface area contributed by atoms with Gasteiger partial charge in [0.1, 0.15) is 5.92 Å². The van der Waals surface area contributed by atoms with E-state index in [1.807, 2.05) is 6.26 Å². The second kappa shape index (κ2) is 6.84. The van der Waals surface area contributed by atoms with Gasteiger partial charge in [0, 0.05) is 0 Å². The molecule has 0 spiro atoms. The molecule has 0 aliphatic carbocycles. The molecular weight excluding hydrogens is 202 g/mol. The van der Waals surface area contributed by atoms with Crippen molar-refractivity contribution >= 4 is 23.5 Å². The lowest BCUT2D eigenvalue weighted by molar-refractivity contribution is -0.146. The first-order chi connectivity index (χ1) is 6.54. The third-order valence-electron chi connectivity index (χ3n) is 2.05. The molecule has 82 valence electrons. The molecule has 0 aromatic carbocycles. The van der Waals surface area contributed by atoms with Gasteiger partial charge < -0.3 is 10.8 Å². The number of carboxylic acids is 1. The van der Waals surface area contributed by atoms with Crippen molar-refractivity contribution in [3.05, 3.63) is 0 Å². The fourth-order valence-electron chi connectivity index (χ4n) is 1.14. The number of aliphatic carboxylic acids is 1. The SMILES string of the molecule is CCC(C(=O)O)C(=O)[C@@H](N)CCSC. The van der Waals surface area contributed by atoms with E-state index in [0.717, 1.165) is 5.75 Å². The quantitative estimate of drug-likeness (QED) is 0.617. The van der Waals surface area contributed by atoms with E-state index in [0.29, 0.717) is 12.8 Å². The van der Waals surface area contributed by atoms with Crippen molar-refractivity contribution in [2.24, 2.45) is 11.7 Å². The lowest BCUT2D eigenvalue weighted by atomic mass is 9.95. The van der Waals surface area contributed by atoms with E-state index in [1.165, 1.54) is 0 Å². The summed E-state index contributed by atoms with van der Waals surface area (Å²) in [6.07, 6.45) is 2.77. The third kappa shape index (κ3) is 4.11. The Morgan fingerprint density at radius 2 is 2.07 bits per heavy atom. The predicted molar refractivity (Wildman–Crippen MR) is 57.4 cm³/mol. The maximum Gasteiger partial charge on any atom is 0.314 e. The number of carbonyl (C=O) groups is 2. The molecule has 0 aromatic rings. The fraction of sp³-hybridized carbons (Fsp3) is 0.778. The lowest BCUT2D eigenvalue weighted by Gasteiger charge is -2.14. The highest BCUT2D eigenvalue weighted by molar-refractivity contribution is 7.98. The molecule has 0 radical (unpaired) electrons. The molecule has 0 amide bonds. The lowest BCUT2D eigenvalue weighted by Crippen LogP contribution is -2.39. The molecule has 14 heavy (non-hydrogen) atoms. The number of rotatable bonds is 7. The number of hydrogen-bond donors (Lipinski definition) is 2. The number of hydrogen-bond acceptors (Lipinski definition) is 4. The van der Waals surface area contributed by atoms with E-state index in [1.54, 1.807) is 18.7 Å². The van der Waals surface area contributed by atoms with Crippen molar-refractivity contribution in [3.63, 3.8) is 0 Å². The Labute approximate surface area is 88.2 Å². The fourth-order valence-corrected chi connectivity index (χ4v) is 1.63. The predicted octanol–water partition coefficient (Wildman–Crippen LogP) is 0.747. The second-order valence-electron chi connectivity index (χ2n) is 3.09. The van der Waals surface area contributed by atoms with Crippen LogP contribution in [0.1, 0.15) is 19.8 Å². The van der Waals surface area contributed by atoms with Crippen LogP contribution in [0.4, 0.5) is 0 Å². The first-order valence-electron chi connectivity index (χ1n) is 4.55. The van der Waals surface area contributed by atoms with Gasteiger partial charge >= 0.3 is 5.97 Å². The van der Waals surface area contributed by atoms with Crippen molar-refractivity contribution in [3.8, 4) is 0 Å². The standard InChI is InChI=1S/C9H17NO3S/c1-3-6(9(12)13)8(11)7(10)4-5-14-2/h6-7H,3-5,10H2,1-2H3,(H,12,13)/t6?,7-/m0/s1. The normalized spacial score (nSPS) is 14.8. The molecule has 0 aliphatic heterocycles. The van der Waals surface area contributed by atoms with E-state index in [2.05, 4.69) is 0 Å². The highest BCUT2D eigenvalue weighted by Crippen LogP contribution is 2.09. The highest BCUT2D eigenvalue weighted by Gasteiger charge is 2.28. The van der Waals surface area contributed by atoms with Crippen LogP contribution in [0.3, 0.4) is 0 Å². The molecule has 0 saturated heterocycles. The van der Waals surface area contributed by atoms with Gasteiger partial charge in [-0.15, -0.1) is 0 Å². The summed E-state index contributed by atoms with van der Waals surface area (Å²) in [6.45, 7) is 1.68. The van der Waals surface area contributed by atoms with E-state index in [9.17, 15) is 9.59 Å². The Morgan fingerprint density at radius 3 is 2.43 bits per heavy atom. The van der Waals surface area contributed by atoms with Gasteiger partial charge in [-0.1, -0.05) is 6.92 Å². The summed E-state index contributed by atoms with van der Waals surface area (Å²) in [5.74, 6) is -1.58. The zero-order valence-corrected chi connectivity index (χ0v) is 9.34. The first kappa shape index (κ1) is 13.4. The zero-order chi connectivity index (χ0) is 11.1. The van der Waals surface area contributed by atoms with E-state index >= 15 is 0 Å². The van der Waals surface area contributed by atoms with Crippen LogP contribution in [0.5, 0.6) is 0 Å². The van der Waals surface area contributed by atoms with Gasteiger partial charge in [0.25, 0.3) is 0 Å². The minimum Gasteiger partial charge on any atom is -0.481 e. The van der Waals surface area contributed by atoms with Gasteiger partial charge in [-0.05, 0) is 24.9 Å². The number of ketones is 1. The number of nitrogens with two attached hydrogens (primary N) is 1. The zero-order valence-electron chi connectivity index (χ0n) is 8.53. The maximum absolute atomic E-state index is 11.5. The molecule has 0 bridgehead atoms. The Morgan fingerprint density at radius 1 is 1.50 bits per heavy atom. The number of Topliss-reactive ketones (excluding diaryl/α,β-unsaturated/α-hetero) is 1. The molecule has 1 unspecified atom stereocenters. The van der Waals surface area contributed by atoms with Crippen LogP contribution in [0.25, 0.3) is 0 Å². The number of carboxylic acid groups (broad SMARTS) is 1. The Kier molecular flexibility index (Phi) is 6.57. The Hall–Kier alpha value is -0.550. The topological polar surface area (TPSA) is 80.4 Å². The van der Waals surface area contributed by atoms with Crippen LogP contribution in [0, 0.1) is 5.92 Å². The molecule has 5 heteroatoms. The van der Waals surface area contributed by atoms with Crippen LogP contribution in [-0.4, -0.2) is 34.9 Å². The van der Waals surface area contributed by atoms with Gasteiger partial charge in [0.2, 0.25) is 0 Å². The van der Waals surface area contributed by atoms with Crippen LogP contribution < -0.4 is 5.73 Å². The summed E-state index contributed by atoms with van der Waals surface area (Å²) in [6, 6.07) is -0.636. The number of thioether (sulfide) groups is 1.